The lowest BCUT2D eigenvalue weighted by atomic mass is 10.1. The van der Waals surface area contributed by atoms with E-state index in [-0.39, 0.29) is 0 Å². The standard InChI is InChI=1S/C10H15NS/c1-7-2-5-10(12-7)9(11)6-8-3-4-8/h2,5,8-9H,3-4,6,11H2,1H3/t9-/m1/s1. The monoisotopic (exact) mass is 181 g/mol. The number of aryl methyl sites for hydroxylation is 1. The first-order chi connectivity index (χ1) is 5.75. The largest absolute Gasteiger partial charge is 0.323 e. The topological polar surface area (TPSA) is 26.0 Å². The number of thiophene rings is 1. The highest BCUT2D eigenvalue weighted by Gasteiger charge is 2.24. The van der Waals surface area contributed by atoms with E-state index in [0.29, 0.717) is 6.04 Å². The summed E-state index contributed by atoms with van der Waals surface area (Å²) in [4.78, 5) is 2.73. The number of hydrogen-bond acceptors (Lipinski definition) is 2. The third-order valence-electron chi connectivity index (χ3n) is 2.41. The molecule has 0 saturated heterocycles. The van der Waals surface area contributed by atoms with Crippen LogP contribution in [0.4, 0.5) is 0 Å². The van der Waals surface area contributed by atoms with Gasteiger partial charge in [0.25, 0.3) is 0 Å². The van der Waals surface area contributed by atoms with Gasteiger partial charge in [0, 0.05) is 15.8 Å². The molecular weight excluding hydrogens is 166 g/mol. The summed E-state index contributed by atoms with van der Waals surface area (Å²) in [6.45, 7) is 2.14. The van der Waals surface area contributed by atoms with Crippen LogP contribution in [0.2, 0.25) is 0 Å². The molecule has 0 spiro atoms. The minimum atomic E-state index is 0.302. The molecule has 2 rings (SSSR count). The van der Waals surface area contributed by atoms with Crippen molar-refractivity contribution < 1.29 is 0 Å². The highest BCUT2D eigenvalue weighted by atomic mass is 32.1. The zero-order valence-corrected chi connectivity index (χ0v) is 8.23. The molecule has 1 aromatic rings. The van der Waals surface area contributed by atoms with Crippen LogP contribution in [-0.4, -0.2) is 0 Å². The molecule has 1 nitrogen and oxygen atoms in total. The van der Waals surface area contributed by atoms with Gasteiger partial charge in [-0.2, -0.15) is 0 Å². The molecule has 1 aliphatic carbocycles. The number of rotatable bonds is 3. The summed E-state index contributed by atoms with van der Waals surface area (Å²) in [5.41, 5.74) is 6.06. The molecule has 2 heteroatoms. The van der Waals surface area contributed by atoms with Crippen molar-refractivity contribution in [2.24, 2.45) is 11.7 Å². The Kier molecular flexibility index (Phi) is 2.20. The molecule has 1 saturated carbocycles. The summed E-state index contributed by atoms with van der Waals surface area (Å²) in [5.74, 6) is 0.933. The second-order valence-electron chi connectivity index (χ2n) is 3.73. The average molecular weight is 181 g/mol. The zero-order chi connectivity index (χ0) is 8.55. The predicted octanol–water partition coefficient (Wildman–Crippen LogP) is 2.86. The predicted molar refractivity (Wildman–Crippen MR) is 53.3 cm³/mol. The summed E-state index contributed by atoms with van der Waals surface area (Å²) < 4.78 is 0. The molecular formula is C10H15NS. The third-order valence-corrected chi connectivity index (χ3v) is 3.54. The quantitative estimate of drug-likeness (QED) is 0.762. The van der Waals surface area contributed by atoms with E-state index in [1.165, 1.54) is 29.0 Å². The van der Waals surface area contributed by atoms with Crippen LogP contribution < -0.4 is 5.73 Å². The van der Waals surface area contributed by atoms with E-state index in [0.717, 1.165) is 5.92 Å². The second-order valence-corrected chi connectivity index (χ2v) is 5.05. The molecule has 2 N–H and O–H groups in total. The fraction of sp³-hybridized carbons (Fsp3) is 0.600. The third kappa shape index (κ3) is 1.87. The average Bonchev–Trinajstić information content (AvgIpc) is 2.72. The Morgan fingerprint density at radius 2 is 2.33 bits per heavy atom. The van der Waals surface area contributed by atoms with Gasteiger partial charge in [-0.15, -0.1) is 11.3 Å². The summed E-state index contributed by atoms with van der Waals surface area (Å²) in [5, 5.41) is 0. The SMILES string of the molecule is Cc1ccc([C@H](N)CC2CC2)s1. The first-order valence-corrected chi connectivity index (χ1v) is 5.39. The maximum Gasteiger partial charge on any atom is 0.0392 e. The Morgan fingerprint density at radius 1 is 1.58 bits per heavy atom. The normalized spacial score (nSPS) is 19.5. The molecule has 0 unspecified atom stereocenters. The zero-order valence-electron chi connectivity index (χ0n) is 7.42. The van der Waals surface area contributed by atoms with Crippen LogP contribution in [-0.2, 0) is 0 Å². The van der Waals surface area contributed by atoms with E-state index >= 15 is 0 Å². The molecule has 0 bridgehead atoms. The van der Waals surface area contributed by atoms with Gasteiger partial charge in [-0.3, -0.25) is 0 Å². The van der Waals surface area contributed by atoms with Crippen molar-refractivity contribution in [3.8, 4) is 0 Å². The highest BCUT2D eigenvalue weighted by molar-refractivity contribution is 7.12. The van der Waals surface area contributed by atoms with Crippen LogP contribution in [0, 0.1) is 12.8 Å². The molecule has 1 fully saturated rings. The molecule has 12 heavy (non-hydrogen) atoms. The van der Waals surface area contributed by atoms with E-state index in [4.69, 9.17) is 5.73 Å². The van der Waals surface area contributed by atoms with E-state index in [2.05, 4.69) is 19.1 Å². The molecule has 0 aromatic carbocycles. The first-order valence-electron chi connectivity index (χ1n) is 4.57. The highest BCUT2D eigenvalue weighted by Crippen LogP contribution is 2.37. The van der Waals surface area contributed by atoms with E-state index in [1.807, 2.05) is 11.3 Å². The van der Waals surface area contributed by atoms with E-state index in [9.17, 15) is 0 Å². The Morgan fingerprint density at radius 3 is 2.83 bits per heavy atom. The molecule has 1 atom stereocenters. The first kappa shape index (κ1) is 8.27. The Balaban J connectivity index is 1.97. The maximum atomic E-state index is 6.06. The van der Waals surface area contributed by atoms with Crippen molar-refractivity contribution in [3.63, 3.8) is 0 Å². The van der Waals surface area contributed by atoms with Gasteiger partial charge in [0.2, 0.25) is 0 Å². The molecule has 0 aliphatic heterocycles. The van der Waals surface area contributed by atoms with Gasteiger partial charge in [-0.05, 0) is 31.4 Å². The maximum absolute atomic E-state index is 6.06. The van der Waals surface area contributed by atoms with Crippen molar-refractivity contribution in [2.75, 3.05) is 0 Å². The van der Waals surface area contributed by atoms with Gasteiger partial charge >= 0.3 is 0 Å². The summed E-state index contributed by atoms with van der Waals surface area (Å²) in [6.07, 6.45) is 4.00. The lowest BCUT2D eigenvalue weighted by Crippen LogP contribution is -2.08. The minimum Gasteiger partial charge on any atom is -0.323 e. The van der Waals surface area contributed by atoms with Crippen molar-refractivity contribution in [2.45, 2.75) is 32.2 Å². The summed E-state index contributed by atoms with van der Waals surface area (Å²) >= 11 is 1.84. The van der Waals surface area contributed by atoms with Crippen LogP contribution in [0.5, 0.6) is 0 Å². The lowest BCUT2D eigenvalue weighted by Gasteiger charge is -2.07. The van der Waals surface area contributed by atoms with Gasteiger partial charge in [0.15, 0.2) is 0 Å². The van der Waals surface area contributed by atoms with Crippen molar-refractivity contribution in [1.29, 1.82) is 0 Å². The Bertz CT molecular complexity index is 263. The minimum absolute atomic E-state index is 0.302. The Hall–Kier alpha value is -0.340. The smallest absolute Gasteiger partial charge is 0.0392 e. The molecule has 66 valence electrons. The van der Waals surface area contributed by atoms with Crippen molar-refractivity contribution in [1.82, 2.24) is 0 Å². The molecule has 1 aromatic heterocycles. The van der Waals surface area contributed by atoms with Crippen LogP contribution >= 0.6 is 11.3 Å². The molecule has 0 amide bonds. The van der Waals surface area contributed by atoms with Crippen LogP contribution in [0.25, 0.3) is 0 Å². The van der Waals surface area contributed by atoms with Gasteiger partial charge < -0.3 is 5.73 Å². The molecule has 1 heterocycles. The van der Waals surface area contributed by atoms with Crippen molar-refractivity contribution >= 4 is 11.3 Å². The second kappa shape index (κ2) is 3.19. The van der Waals surface area contributed by atoms with Gasteiger partial charge in [-0.25, -0.2) is 0 Å². The van der Waals surface area contributed by atoms with Crippen LogP contribution in [0.3, 0.4) is 0 Å². The van der Waals surface area contributed by atoms with Crippen molar-refractivity contribution in [3.05, 3.63) is 21.9 Å². The van der Waals surface area contributed by atoms with E-state index in [1.54, 1.807) is 0 Å². The number of hydrogen-bond donors (Lipinski definition) is 1. The van der Waals surface area contributed by atoms with Gasteiger partial charge in [-0.1, -0.05) is 12.8 Å². The summed E-state index contributed by atoms with van der Waals surface area (Å²) in [7, 11) is 0. The number of nitrogens with two attached hydrogens (primary N) is 1. The van der Waals surface area contributed by atoms with Crippen LogP contribution in [0.1, 0.15) is 35.1 Å². The van der Waals surface area contributed by atoms with Gasteiger partial charge in [0.1, 0.15) is 0 Å². The fourth-order valence-corrected chi connectivity index (χ4v) is 2.37. The lowest BCUT2D eigenvalue weighted by molar-refractivity contribution is 0.605. The summed E-state index contributed by atoms with van der Waals surface area (Å²) in [6, 6.07) is 4.64. The molecule has 1 aliphatic rings. The molecule has 0 radical (unpaired) electrons. The van der Waals surface area contributed by atoms with Crippen LogP contribution in [0.15, 0.2) is 12.1 Å². The van der Waals surface area contributed by atoms with Gasteiger partial charge in [0.05, 0.1) is 0 Å². The Labute approximate surface area is 77.6 Å². The van der Waals surface area contributed by atoms with E-state index < -0.39 is 0 Å². The fourth-order valence-electron chi connectivity index (χ4n) is 1.48.